The Morgan fingerprint density at radius 2 is 1.53 bits per heavy atom. The average Bonchev–Trinajstić information content (AvgIpc) is 2.31. The molecule has 0 amide bonds. The van der Waals surface area contributed by atoms with Gasteiger partial charge in [-0.25, -0.2) is 4.39 Å². The van der Waals surface area contributed by atoms with Gasteiger partial charge in [0.15, 0.2) is 0 Å². The summed E-state index contributed by atoms with van der Waals surface area (Å²) in [5.41, 5.74) is 3.20. The van der Waals surface area contributed by atoms with Gasteiger partial charge in [-0.05, 0) is 42.7 Å². The first-order valence-electron chi connectivity index (χ1n) is 5.60. The van der Waals surface area contributed by atoms with E-state index in [4.69, 9.17) is 4.74 Å². The highest BCUT2D eigenvalue weighted by Crippen LogP contribution is 2.23. The fraction of sp³-hybridized carbons (Fsp3) is 0.200. The second kappa shape index (κ2) is 5.00. The van der Waals surface area contributed by atoms with Crippen LogP contribution < -0.4 is 4.74 Å². The fourth-order valence-electron chi connectivity index (χ4n) is 1.76. The SMILES string of the molecule is Cc1cccc(C)c1OCc1ccc(F)cc1. The van der Waals surface area contributed by atoms with Crippen LogP contribution in [-0.4, -0.2) is 0 Å². The first-order chi connectivity index (χ1) is 8.16. The van der Waals surface area contributed by atoms with Crippen LogP contribution in [0.5, 0.6) is 5.75 Å². The summed E-state index contributed by atoms with van der Waals surface area (Å²) in [6, 6.07) is 12.4. The molecule has 1 nitrogen and oxygen atoms in total. The molecule has 0 aliphatic carbocycles. The molecule has 2 aromatic rings. The molecule has 0 spiro atoms. The Morgan fingerprint density at radius 3 is 2.12 bits per heavy atom. The molecular formula is C15H15FO. The van der Waals surface area contributed by atoms with Crippen LogP contribution in [0.25, 0.3) is 0 Å². The van der Waals surface area contributed by atoms with Crippen LogP contribution in [0.15, 0.2) is 42.5 Å². The molecule has 0 aliphatic heterocycles. The molecule has 0 aliphatic rings. The van der Waals surface area contributed by atoms with Crippen molar-refractivity contribution in [3.05, 3.63) is 65.0 Å². The molecule has 0 unspecified atom stereocenters. The van der Waals surface area contributed by atoms with Crippen molar-refractivity contribution in [2.45, 2.75) is 20.5 Å². The zero-order valence-corrected chi connectivity index (χ0v) is 10.0. The molecule has 0 heterocycles. The zero-order chi connectivity index (χ0) is 12.3. The predicted molar refractivity (Wildman–Crippen MR) is 66.6 cm³/mol. The van der Waals surface area contributed by atoms with Gasteiger partial charge >= 0.3 is 0 Å². The van der Waals surface area contributed by atoms with Gasteiger partial charge in [0.2, 0.25) is 0 Å². The standard InChI is InChI=1S/C15H15FO/c1-11-4-3-5-12(2)15(11)17-10-13-6-8-14(16)9-7-13/h3-9H,10H2,1-2H3. The van der Waals surface area contributed by atoms with Gasteiger partial charge in [-0.3, -0.25) is 0 Å². The molecule has 2 rings (SSSR count). The molecule has 88 valence electrons. The third-order valence-corrected chi connectivity index (χ3v) is 2.71. The summed E-state index contributed by atoms with van der Waals surface area (Å²) in [5, 5.41) is 0. The summed E-state index contributed by atoms with van der Waals surface area (Å²) in [6.07, 6.45) is 0. The van der Waals surface area contributed by atoms with Crippen molar-refractivity contribution in [2.24, 2.45) is 0 Å². The highest BCUT2D eigenvalue weighted by Gasteiger charge is 2.03. The summed E-state index contributed by atoms with van der Waals surface area (Å²) >= 11 is 0. The van der Waals surface area contributed by atoms with Crippen LogP contribution in [0.1, 0.15) is 16.7 Å². The van der Waals surface area contributed by atoms with E-state index in [1.54, 1.807) is 12.1 Å². The topological polar surface area (TPSA) is 9.23 Å². The van der Waals surface area contributed by atoms with E-state index in [1.807, 2.05) is 32.0 Å². The minimum absolute atomic E-state index is 0.221. The van der Waals surface area contributed by atoms with Gasteiger partial charge in [0.25, 0.3) is 0 Å². The van der Waals surface area contributed by atoms with Crippen LogP contribution in [0.3, 0.4) is 0 Å². The van der Waals surface area contributed by atoms with Crippen LogP contribution in [0.2, 0.25) is 0 Å². The monoisotopic (exact) mass is 230 g/mol. The molecule has 0 radical (unpaired) electrons. The van der Waals surface area contributed by atoms with Crippen molar-refractivity contribution >= 4 is 0 Å². The van der Waals surface area contributed by atoms with Crippen molar-refractivity contribution in [3.63, 3.8) is 0 Å². The number of rotatable bonds is 3. The number of hydrogen-bond acceptors (Lipinski definition) is 1. The van der Waals surface area contributed by atoms with Crippen molar-refractivity contribution in [3.8, 4) is 5.75 Å². The molecule has 0 bridgehead atoms. The second-order valence-electron chi connectivity index (χ2n) is 4.14. The van der Waals surface area contributed by atoms with E-state index in [2.05, 4.69) is 0 Å². The highest BCUT2D eigenvalue weighted by atomic mass is 19.1. The maximum atomic E-state index is 12.7. The molecule has 0 fully saturated rings. The molecule has 0 aromatic heterocycles. The predicted octanol–water partition coefficient (Wildman–Crippen LogP) is 4.02. The smallest absolute Gasteiger partial charge is 0.125 e. The first kappa shape index (κ1) is 11.6. The number of benzene rings is 2. The Kier molecular flexibility index (Phi) is 3.43. The average molecular weight is 230 g/mol. The molecule has 0 atom stereocenters. The Balaban J connectivity index is 2.10. The molecule has 17 heavy (non-hydrogen) atoms. The van der Waals surface area contributed by atoms with Crippen LogP contribution in [0.4, 0.5) is 4.39 Å². The lowest BCUT2D eigenvalue weighted by Crippen LogP contribution is -1.98. The molecule has 0 N–H and O–H groups in total. The first-order valence-corrected chi connectivity index (χ1v) is 5.60. The summed E-state index contributed by atoms with van der Waals surface area (Å²) in [7, 11) is 0. The maximum absolute atomic E-state index is 12.7. The normalized spacial score (nSPS) is 10.3. The minimum atomic E-state index is -0.221. The fourth-order valence-corrected chi connectivity index (χ4v) is 1.76. The third-order valence-electron chi connectivity index (χ3n) is 2.71. The van der Waals surface area contributed by atoms with Gasteiger partial charge in [0.1, 0.15) is 18.2 Å². The molecule has 0 saturated heterocycles. The van der Waals surface area contributed by atoms with Crippen molar-refractivity contribution in [1.29, 1.82) is 0 Å². The lowest BCUT2D eigenvalue weighted by atomic mass is 10.1. The lowest BCUT2D eigenvalue weighted by molar-refractivity contribution is 0.302. The van der Waals surface area contributed by atoms with Gasteiger partial charge in [0, 0.05) is 0 Å². The number of ether oxygens (including phenoxy) is 1. The highest BCUT2D eigenvalue weighted by molar-refractivity contribution is 5.39. The Hall–Kier alpha value is -1.83. The van der Waals surface area contributed by atoms with Crippen LogP contribution in [0, 0.1) is 19.7 Å². The van der Waals surface area contributed by atoms with E-state index in [0.717, 1.165) is 22.4 Å². The lowest BCUT2D eigenvalue weighted by Gasteiger charge is -2.11. The minimum Gasteiger partial charge on any atom is -0.488 e. The van der Waals surface area contributed by atoms with Gasteiger partial charge in [-0.2, -0.15) is 0 Å². The summed E-state index contributed by atoms with van der Waals surface area (Å²) < 4.78 is 18.5. The van der Waals surface area contributed by atoms with Gasteiger partial charge in [-0.1, -0.05) is 30.3 Å². The second-order valence-corrected chi connectivity index (χ2v) is 4.14. The van der Waals surface area contributed by atoms with E-state index in [9.17, 15) is 4.39 Å². The van der Waals surface area contributed by atoms with E-state index >= 15 is 0 Å². The van der Waals surface area contributed by atoms with Crippen LogP contribution >= 0.6 is 0 Å². The quantitative estimate of drug-likeness (QED) is 0.773. The number of halogens is 1. The maximum Gasteiger partial charge on any atom is 0.125 e. The number of aryl methyl sites for hydroxylation is 2. The van der Waals surface area contributed by atoms with Gasteiger partial charge < -0.3 is 4.74 Å². The van der Waals surface area contributed by atoms with E-state index in [0.29, 0.717) is 6.61 Å². The molecule has 0 saturated carbocycles. The number of para-hydroxylation sites is 1. The summed E-state index contributed by atoms with van der Waals surface area (Å²) in [4.78, 5) is 0. The largest absolute Gasteiger partial charge is 0.488 e. The van der Waals surface area contributed by atoms with Crippen molar-refractivity contribution < 1.29 is 9.13 Å². The Labute approximate surface area is 101 Å². The van der Waals surface area contributed by atoms with E-state index in [-0.39, 0.29) is 5.82 Å². The van der Waals surface area contributed by atoms with E-state index in [1.165, 1.54) is 12.1 Å². The molecular weight excluding hydrogens is 215 g/mol. The van der Waals surface area contributed by atoms with E-state index < -0.39 is 0 Å². The zero-order valence-electron chi connectivity index (χ0n) is 10.0. The molecule has 2 heteroatoms. The van der Waals surface area contributed by atoms with Crippen molar-refractivity contribution in [2.75, 3.05) is 0 Å². The Bertz CT molecular complexity index is 483. The Morgan fingerprint density at radius 1 is 0.941 bits per heavy atom. The van der Waals surface area contributed by atoms with Gasteiger partial charge in [-0.15, -0.1) is 0 Å². The van der Waals surface area contributed by atoms with Gasteiger partial charge in [0.05, 0.1) is 0 Å². The van der Waals surface area contributed by atoms with Crippen LogP contribution in [-0.2, 0) is 6.61 Å². The van der Waals surface area contributed by atoms with Crippen molar-refractivity contribution in [1.82, 2.24) is 0 Å². The summed E-state index contributed by atoms with van der Waals surface area (Å²) in [5.74, 6) is 0.692. The third kappa shape index (κ3) is 2.84. The summed E-state index contributed by atoms with van der Waals surface area (Å²) in [6.45, 7) is 4.51. The number of hydrogen-bond donors (Lipinski definition) is 0. The molecule has 2 aromatic carbocycles.